The zero-order valence-corrected chi connectivity index (χ0v) is 8.99. The fourth-order valence-corrected chi connectivity index (χ4v) is 2.14. The minimum atomic E-state index is 0.225. The summed E-state index contributed by atoms with van der Waals surface area (Å²) >= 11 is 0. The monoisotopic (exact) mass is 207 g/mol. The van der Waals surface area contributed by atoms with Gasteiger partial charge in [-0.3, -0.25) is 0 Å². The number of benzene rings is 1. The molecule has 1 atom stereocenters. The molecule has 0 fully saturated rings. The van der Waals surface area contributed by atoms with Gasteiger partial charge in [0.05, 0.1) is 7.11 Å². The first-order valence-corrected chi connectivity index (χ1v) is 5.36. The van der Waals surface area contributed by atoms with Crippen molar-refractivity contribution < 1.29 is 9.84 Å². The molecule has 1 aromatic rings. The van der Waals surface area contributed by atoms with Crippen LogP contribution in [0.1, 0.15) is 23.6 Å². The highest BCUT2D eigenvalue weighted by molar-refractivity contribution is 5.39. The third kappa shape index (κ3) is 2.13. The quantitative estimate of drug-likeness (QED) is 0.784. The van der Waals surface area contributed by atoms with Crippen LogP contribution in [0.25, 0.3) is 0 Å². The zero-order chi connectivity index (χ0) is 10.7. The standard InChI is InChI=1S/C12H17NO2/c1-15-10-2-3-11-9(8-10)4-6-13-12(11)5-7-14/h2-3,8,12-14H,4-7H2,1H3. The van der Waals surface area contributed by atoms with E-state index in [1.54, 1.807) is 7.11 Å². The fourth-order valence-electron chi connectivity index (χ4n) is 2.14. The van der Waals surface area contributed by atoms with Crippen LogP contribution in [0.4, 0.5) is 0 Å². The smallest absolute Gasteiger partial charge is 0.119 e. The van der Waals surface area contributed by atoms with Gasteiger partial charge in [-0.25, -0.2) is 0 Å². The number of nitrogens with one attached hydrogen (secondary N) is 1. The van der Waals surface area contributed by atoms with Crippen LogP contribution < -0.4 is 10.1 Å². The van der Waals surface area contributed by atoms with Crippen LogP contribution in [0.15, 0.2) is 18.2 Å². The minimum absolute atomic E-state index is 0.225. The molecule has 1 aliphatic heterocycles. The second-order valence-electron chi connectivity index (χ2n) is 3.83. The Labute approximate surface area is 90.1 Å². The Hall–Kier alpha value is -1.06. The maximum atomic E-state index is 8.98. The number of hydrogen-bond acceptors (Lipinski definition) is 3. The van der Waals surface area contributed by atoms with Crippen LogP contribution in [0.5, 0.6) is 5.75 Å². The number of methoxy groups -OCH3 is 1. The second-order valence-corrected chi connectivity index (χ2v) is 3.83. The SMILES string of the molecule is COc1ccc2c(c1)CCNC2CCO. The molecule has 82 valence electrons. The van der Waals surface area contributed by atoms with Gasteiger partial charge < -0.3 is 15.2 Å². The first-order chi connectivity index (χ1) is 7.35. The Morgan fingerprint density at radius 3 is 3.13 bits per heavy atom. The van der Waals surface area contributed by atoms with E-state index in [0.29, 0.717) is 6.04 Å². The lowest BCUT2D eigenvalue weighted by Gasteiger charge is -2.26. The van der Waals surface area contributed by atoms with Gasteiger partial charge in [-0.15, -0.1) is 0 Å². The van der Waals surface area contributed by atoms with Gasteiger partial charge in [0, 0.05) is 12.6 Å². The number of hydrogen-bond donors (Lipinski definition) is 2. The number of fused-ring (bicyclic) bond motifs is 1. The second kappa shape index (κ2) is 4.64. The minimum Gasteiger partial charge on any atom is -0.497 e. The molecule has 0 aromatic heterocycles. The Balaban J connectivity index is 2.28. The van der Waals surface area contributed by atoms with Gasteiger partial charge >= 0.3 is 0 Å². The van der Waals surface area contributed by atoms with E-state index >= 15 is 0 Å². The van der Waals surface area contributed by atoms with E-state index in [-0.39, 0.29) is 6.61 Å². The van der Waals surface area contributed by atoms with Gasteiger partial charge in [0.1, 0.15) is 5.75 Å². The van der Waals surface area contributed by atoms with Gasteiger partial charge in [-0.1, -0.05) is 6.07 Å². The number of aliphatic hydroxyl groups excluding tert-OH is 1. The highest BCUT2D eigenvalue weighted by Gasteiger charge is 2.19. The normalized spacial score (nSPS) is 19.7. The predicted octanol–water partition coefficient (Wildman–Crippen LogP) is 1.26. The molecule has 1 unspecified atom stereocenters. The summed E-state index contributed by atoms with van der Waals surface area (Å²) in [5.41, 5.74) is 2.64. The van der Waals surface area contributed by atoms with Crippen LogP contribution in [0.3, 0.4) is 0 Å². The summed E-state index contributed by atoms with van der Waals surface area (Å²) < 4.78 is 5.21. The first kappa shape index (κ1) is 10.5. The van der Waals surface area contributed by atoms with Crippen LogP contribution in [0, 0.1) is 0 Å². The number of ether oxygens (including phenoxy) is 1. The van der Waals surface area contributed by atoms with Crippen molar-refractivity contribution in [2.45, 2.75) is 18.9 Å². The van der Waals surface area contributed by atoms with Gasteiger partial charge in [0.15, 0.2) is 0 Å². The van der Waals surface area contributed by atoms with E-state index in [0.717, 1.165) is 25.1 Å². The highest BCUT2D eigenvalue weighted by atomic mass is 16.5. The molecular formula is C12H17NO2. The molecule has 0 radical (unpaired) electrons. The van der Waals surface area contributed by atoms with Crippen molar-refractivity contribution in [3.05, 3.63) is 29.3 Å². The van der Waals surface area contributed by atoms with Crippen molar-refractivity contribution >= 4 is 0 Å². The van der Waals surface area contributed by atoms with E-state index in [2.05, 4.69) is 17.4 Å². The lowest BCUT2D eigenvalue weighted by atomic mass is 9.92. The van der Waals surface area contributed by atoms with E-state index < -0.39 is 0 Å². The Kier molecular flexibility index (Phi) is 3.23. The maximum absolute atomic E-state index is 8.98. The Morgan fingerprint density at radius 1 is 1.53 bits per heavy atom. The summed E-state index contributed by atoms with van der Waals surface area (Å²) in [5.74, 6) is 0.915. The van der Waals surface area contributed by atoms with Crippen molar-refractivity contribution in [1.29, 1.82) is 0 Å². The largest absolute Gasteiger partial charge is 0.497 e. The molecule has 1 aliphatic rings. The molecular weight excluding hydrogens is 190 g/mol. The van der Waals surface area contributed by atoms with E-state index in [4.69, 9.17) is 9.84 Å². The van der Waals surface area contributed by atoms with Crippen molar-refractivity contribution in [3.63, 3.8) is 0 Å². The van der Waals surface area contributed by atoms with Crippen LogP contribution in [-0.2, 0) is 6.42 Å². The average Bonchev–Trinajstić information content (AvgIpc) is 2.29. The lowest BCUT2D eigenvalue weighted by molar-refractivity contribution is 0.263. The zero-order valence-electron chi connectivity index (χ0n) is 8.99. The van der Waals surface area contributed by atoms with Crippen molar-refractivity contribution in [1.82, 2.24) is 5.32 Å². The summed E-state index contributed by atoms with van der Waals surface area (Å²) in [6, 6.07) is 6.47. The number of aliphatic hydroxyl groups is 1. The molecule has 2 rings (SSSR count). The van der Waals surface area contributed by atoms with Gasteiger partial charge in [-0.05, 0) is 42.6 Å². The maximum Gasteiger partial charge on any atom is 0.119 e. The van der Waals surface area contributed by atoms with Crippen molar-refractivity contribution in [3.8, 4) is 5.75 Å². The lowest BCUT2D eigenvalue weighted by Crippen LogP contribution is -2.30. The van der Waals surface area contributed by atoms with Gasteiger partial charge in [-0.2, -0.15) is 0 Å². The molecule has 3 heteroatoms. The molecule has 0 amide bonds. The van der Waals surface area contributed by atoms with Crippen LogP contribution >= 0.6 is 0 Å². The predicted molar refractivity (Wildman–Crippen MR) is 59.1 cm³/mol. The Bertz CT molecular complexity index is 338. The first-order valence-electron chi connectivity index (χ1n) is 5.36. The summed E-state index contributed by atoms with van der Waals surface area (Å²) in [5, 5.41) is 12.4. The van der Waals surface area contributed by atoms with Gasteiger partial charge in [0.25, 0.3) is 0 Å². The van der Waals surface area contributed by atoms with Gasteiger partial charge in [0.2, 0.25) is 0 Å². The summed E-state index contributed by atoms with van der Waals surface area (Å²) in [7, 11) is 1.69. The Morgan fingerprint density at radius 2 is 2.40 bits per heavy atom. The average molecular weight is 207 g/mol. The molecule has 3 nitrogen and oxygen atoms in total. The molecule has 15 heavy (non-hydrogen) atoms. The third-order valence-electron chi connectivity index (χ3n) is 2.93. The summed E-state index contributed by atoms with van der Waals surface area (Å²) in [4.78, 5) is 0. The molecule has 1 aromatic carbocycles. The summed E-state index contributed by atoms with van der Waals surface area (Å²) in [6.07, 6.45) is 1.81. The van der Waals surface area contributed by atoms with Crippen LogP contribution in [-0.4, -0.2) is 25.4 Å². The molecule has 2 N–H and O–H groups in total. The van der Waals surface area contributed by atoms with Crippen molar-refractivity contribution in [2.75, 3.05) is 20.3 Å². The van der Waals surface area contributed by atoms with E-state index in [9.17, 15) is 0 Å². The summed E-state index contributed by atoms with van der Waals surface area (Å²) in [6.45, 7) is 1.20. The fraction of sp³-hybridized carbons (Fsp3) is 0.500. The third-order valence-corrected chi connectivity index (χ3v) is 2.93. The molecule has 0 saturated carbocycles. The number of rotatable bonds is 3. The topological polar surface area (TPSA) is 41.5 Å². The molecule has 0 saturated heterocycles. The van der Waals surface area contributed by atoms with E-state index in [1.807, 2.05) is 6.07 Å². The van der Waals surface area contributed by atoms with Crippen LogP contribution in [0.2, 0.25) is 0 Å². The van der Waals surface area contributed by atoms with E-state index in [1.165, 1.54) is 11.1 Å². The molecule has 0 aliphatic carbocycles. The van der Waals surface area contributed by atoms with Crippen molar-refractivity contribution in [2.24, 2.45) is 0 Å². The highest BCUT2D eigenvalue weighted by Crippen LogP contribution is 2.28. The molecule has 0 bridgehead atoms. The molecule has 1 heterocycles. The molecule has 0 spiro atoms.